The lowest BCUT2D eigenvalue weighted by molar-refractivity contribution is -0.885. The number of fused-ring (bicyclic) bond motifs is 1. The van der Waals surface area contributed by atoms with Gasteiger partial charge in [-0.15, -0.1) is 11.8 Å². The molecule has 7 heteroatoms. The molecular weight excluding hydrogens is 398 g/mol. The number of aromatic nitrogens is 1. The minimum Gasteiger partial charge on any atom is -0.465 e. The molecule has 0 fully saturated rings. The van der Waals surface area contributed by atoms with Crippen LogP contribution in [0.5, 0.6) is 0 Å². The van der Waals surface area contributed by atoms with E-state index in [9.17, 15) is 9.59 Å². The standard InChI is InChI=1S/C23H25N3O3S/c1-15-16-9-5-6-10-17(16)24-19(22(15)23(28)29-3)13-26(2)14-21(27)25-18-11-7-8-12-20(18)30-4/h5-12H,13-14H2,1-4H3,(H,25,27)/p+1. The second kappa shape index (κ2) is 9.73. The van der Waals surface area contributed by atoms with Gasteiger partial charge in [0.1, 0.15) is 12.2 Å². The van der Waals surface area contributed by atoms with E-state index >= 15 is 0 Å². The lowest BCUT2D eigenvalue weighted by Crippen LogP contribution is -3.08. The first-order valence-corrected chi connectivity index (χ1v) is 10.9. The zero-order valence-electron chi connectivity index (χ0n) is 17.6. The van der Waals surface area contributed by atoms with Crippen molar-refractivity contribution >= 4 is 40.2 Å². The van der Waals surface area contributed by atoms with E-state index in [4.69, 9.17) is 9.72 Å². The number of carbonyl (C=O) groups is 2. The van der Waals surface area contributed by atoms with E-state index in [0.717, 1.165) is 31.9 Å². The van der Waals surface area contributed by atoms with Crippen LogP contribution in [0, 0.1) is 6.92 Å². The van der Waals surface area contributed by atoms with Gasteiger partial charge in [0.2, 0.25) is 0 Å². The molecule has 0 aliphatic heterocycles. The summed E-state index contributed by atoms with van der Waals surface area (Å²) in [7, 11) is 3.28. The molecule has 30 heavy (non-hydrogen) atoms. The highest BCUT2D eigenvalue weighted by atomic mass is 32.2. The van der Waals surface area contributed by atoms with Gasteiger partial charge in [-0.05, 0) is 36.9 Å². The highest BCUT2D eigenvalue weighted by Gasteiger charge is 2.22. The van der Waals surface area contributed by atoms with Crippen molar-refractivity contribution < 1.29 is 19.2 Å². The van der Waals surface area contributed by atoms with Crippen LogP contribution in [0.2, 0.25) is 0 Å². The van der Waals surface area contributed by atoms with Gasteiger partial charge in [-0.1, -0.05) is 30.3 Å². The summed E-state index contributed by atoms with van der Waals surface area (Å²) >= 11 is 1.59. The number of nitrogens with one attached hydrogen (secondary N) is 2. The fraction of sp³-hybridized carbons (Fsp3) is 0.261. The van der Waals surface area contributed by atoms with Crippen LogP contribution in [0.3, 0.4) is 0 Å². The zero-order valence-corrected chi connectivity index (χ0v) is 18.4. The van der Waals surface area contributed by atoms with E-state index in [1.54, 1.807) is 11.8 Å². The highest BCUT2D eigenvalue weighted by molar-refractivity contribution is 7.98. The van der Waals surface area contributed by atoms with E-state index in [-0.39, 0.29) is 12.5 Å². The summed E-state index contributed by atoms with van der Waals surface area (Å²) in [4.78, 5) is 31.7. The SMILES string of the molecule is COC(=O)c1c(C[NH+](C)CC(=O)Nc2ccccc2SC)nc2ccccc2c1C. The van der Waals surface area contributed by atoms with Crippen molar-refractivity contribution in [3.05, 3.63) is 65.4 Å². The third-order valence-corrected chi connectivity index (χ3v) is 5.73. The number of benzene rings is 2. The third-order valence-electron chi connectivity index (χ3n) is 4.93. The Morgan fingerprint density at radius 1 is 1.13 bits per heavy atom. The Morgan fingerprint density at radius 2 is 1.83 bits per heavy atom. The maximum absolute atomic E-state index is 12.6. The molecule has 2 N–H and O–H groups in total. The number of amides is 1. The molecule has 0 spiro atoms. The van der Waals surface area contributed by atoms with E-state index in [1.165, 1.54) is 7.11 Å². The van der Waals surface area contributed by atoms with Crippen molar-refractivity contribution in [3.8, 4) is 0 Å². The fourth-order valence-corrected chi connectivity index (χ4v) is 4.06. The molecule has 1 unspecified atom stereocenters. The Kier molecular flexibility index (Phi) is 7.07. The average Bonchev–Trinajstić information content (AvgIpc) is 2.73. The summed E-state index contributed by atoms with van der Waals surface area (Å²) in [6.07, 6.45) is 1.98. The number of para-hydroxylation sites is 2. The molecule has 1 aromatic heterocycles. The molecule has 6 nitrogen and oxygen atoms in total. The Morgan fingerprint density at radius 3 is 2.57 bits per heavy atom. The summed E-state index contributed by atoms with van der Waals surface area (Å²) in [5.41, 5.74) is 3.58. The number of aryl methyl sites for hydroxylation is 1. The van der Waals surface area contributed by atoms with Crippen LogP contribution in [0.15, 0.2) is 53.4 Å². The summed E-state index contributed by atoms with van der Waals surface area (Å²) < 4.78 is 5.00. The molecule has 0 radical (unpaired) electrons. The van der Waals surface area contributed by atoms with Crippen molar-refractivity contribution in [2.24, 2.45) is 0 Å². The molecule has 0 saturated heterocycles. The summed E-state index contributed by atoms with van der Waals surface area (Å²) in [6.45, 7) is 2.58. The van der Waals surface area contributed by atoms with Crippen LogP contribution in [0.1, 0.15) is 21.6 Å². The molecule has 3 aromatic rings. The quantitative estimate of drug-likeness (QED) is 0.451. The highest BCUT2D eigenvalue weighted by Crippen LogP contribution is 2.25. The van der Waals surface area contributed by atoms with Crippen molar-refractivity contribution in [1.29, 1.82) is 0 Å². The Bertz CT molecular complexity index is 1080. The fourth-order valence-electron chi connectivity index (χ4n) is 3.51. The van der Waals surface area contributed by atoms with Crippen molar-refractivity contribution in [2.75, 3.05) is 32.3 Å². The van der Waals surface area contributed by atoms with Crippen LogP contribution in [-0.2, 0) is 16.1 Å². The topological polar surface area (TPSA) is 72.7 Å². The number of quaternary nitrogens is 1. The molecule has 1 heterocycles. The lowest BCUT2D eigenvalue weighted by atomic mass is 10.0. The van der Waals surface area contributed by atoms with Crippen LogP contribution in [-0.4, -0.2) is 43.8 Å². The van der Waals surface area contributed by atoms with Crippen LogP contribution in [0.4, 0.5) is 5.69 Å². The van der Waals surface area contributed by atoms with Crippen LogP contribution < -0.4 is 10.2 Å². The molecule has 0 aliphatic carbocycles. The molecule has 1 amide bonds. The van der Waals surface area contributed by atoms with Gasteiger partial charge in [-0.25, -0.2) is 9.78 Å². The van der Waals surface area contributed by atoms with Crippen molar-refractivity contribution in [2.45, 2.75) is 18.4 Å². The maximum Gasteiger partial charge on any atom is 0.340 e. The first-order chi connectivity index (χ1) is 14.4. The predicted molar refractivity (Wildman–Crippen MR) is 120 cm³/mol. The second-order valence-electron chi connectivity index (χ2n) is 7.13. The van der Waals surface area contributed by atoms with E-state index < -0.39 is 5.97 Å². The Balaban J connectivity index is 1.81. The number of thioether (sulfide) groups is 1. The molecule has 3 rings (SSSR count). The predicted octanol–water partition coefficient (Wildman–Crippen LogP) is 2.71. The first kappa shape index (κ1) is 21.8. The maximum atomic E-state index is 12.6. The monoisotopic (exact) mass is 424 g/mol. The lowest BCUT2D eigenvalue weighted by Gasteiger charge is -2.17. The number of hydrogen-bond acceptors (Lipinski definition) is 5. The Hall–Kier alpha value is -2.90. The summed E-state index contributed by atoms with van der Waals surface area (Å²) in [5.74, 6) is -0.502. The van der Waals surface area contributed by atoms with Gasteiger partial charge in [0.15, 0.2) is 6.54 Å². The van der Waals surface area contributed by atoms with E-state index in [0.29, 0.717) is 17.8 Å². The van der Waals surface area contributed by atoms with Gasteiger partial charge in [-0.2, -0.15) is 0 Å². The number of nitrogens with zero attached hydrogens (tertiary/aromatic N) is 1. The molecule has 1 atom stereocenters. The number of anilines is 1. The summed E-state index contributed by atoms with van der Waals surface area (Å²) in [5, 5.41) is 3.90. The largest absolute Gasteiger partial charge is 0.465 e. The van der Waals surface area contributed by atoms with Gasteiger partial charge in [-0.3, -0.25) is 4.79 Å². The zero-order chi connectivity index (χ0) is 21.7. The first-order valence-electron chi connectivity index (χ1n) is 9.65. The number of pyridine rings is 1. The Labute approximate surface area is 180 Å². The number of likely N-dealkylation sites (N-methyl/N-ethyl adjacent to an activating group) is 1. The molecule has 0 saturated carbocycles. The smallest absolute Gasteiger partial charge is 0.340 e. The molecule has 156 valence electrons. The van der Waals surface area contributed by atoms with Gasteiger partial charge in [0.05, 0.1) is 30.9 Å². The average molecular weight is 425 g/mol. The molecule has 2 aromatic carbocycles. The van der Waals surface area contributed by atoms with Crippen LogP contribution >= 0.6 is 11.8 Å². The number of hydrogen-bond donors (Lipinski definition) is 2. The number of rotatable bonds is 7. The third kappa shape index (κ3) is 4.80. The van der Waals surface area contributed by atoms with E-state index in [1.807, 2.05) is 68.8 Å². The van der Waals surface area contributed by atoms with Gasteiger partial charge >= 0.3 is 5.97 Å². The minimum atomic E-state index is -0.410. The number of esters is 1. The number of methoxy groups -OCH3 is 1. The summed E-state index contributed by atoms with van der Waals surface area (Å²) in [6, 6.07) is 15.4. The normalized spacial score (nSPS) is 11.9. The molecular formula is C23H26N3O3S+. The van der Waals surface area contributed by atoms with Gasteiger partial charge < -0.3 is 15.0 Å². The second-order valence-corrected chi connectivity index (χ2v) is 7.97. The van der Waals surface area contributed by atoms with Gasteiger partial charge in [0, 0.05) is 10.3 Å². The number of carbonyl (C=O) groups excluding carboxylic acids is 2. The number of ether oxygens (including phenoxy) is 1. The van der Waals surface area contributed by atoms with Crippen molar-refractivity contribution in [1.82, 2.24) is 4.98 Å². The molecule has 0 aliphatic rings. The molecule has 0 bridgehead atoms. The van der Waals surface area contributed by atoms with E-state index in [2.05, 4.69) is 5.32 Å². The van der Waals surface area contributed by atoms with Crippen molar-refractivity contribution in [3.63, 3.8) is 0 Å². The van der Waals surface area contributed by atoms with Crippen LogP contribution in [0.25, 0.3) is 10.9 Å². The minimum absolute atomic E-state index is 0.0915. The van der Waals surface area contributed by atoms with Gasteiger partial charge in [0.25, 0.3) is 5.91 Å².